The molecule has 1 radical (unpaired) electrons. The molecule has 0 atom stereocenters. The van der Waals surface area contributed by atoms with Crippen LogP contribution in [0.4, 0.5) is 0 Å². The third kappa shape index (κ3) is 5.97. The van der Waals surface area contributed by atoms with Gasteiger partial charge in [0.15, 0.2) is 0 Å². The summed E-state index contributed by atoms with van der Waals surface area (Å²) in [6.45, 7) is 0. The number of hydrogen-bond donors (Lipinski definition) is 6. The number of para-hydroxylation sites is 2. The Hall–Kier alpha value is -2.58. The number of carbonyl (C=O) groups excluding carboxylic acids is 2. The van der Waals surface area contributed by atoms with Crippen molar-refractivity contribution in [1.82, 2.24) is 11.0 Å². The van der Waals surface area contributed by atoms with Crippen molar-refractivity contribution in [3.63, 3.8) is 0 Å². The summed E-state index contributed by atoms with van der Waals surface area (Å²) in [5, 5.41) is 34.5. The van der Waals surface area contributed by atoms with Gasteiger partial charge in [0.1, 0.15) is 11.5 Å². The van der Waals surface area contributed by atoms with Gasteiger partial charge < -0.3 is 10.2 Å². The quantitative estimate of drug-likeness (QED) is 0.265. The van der Waals surface area contributed by atoms with Crippen molar-refractivity contribution in [2.24, 2.45) is 0 Å². The monoisotopic (exact) mass is 369 g/mol. The van der Waals surface area contributed by atoms with E-state index < -0.39 is 11.8 Å². The van der Waals surface area contributed by atoms with Gasteiger partial charge in [0.05, 0.1) is 11.1 Å². The molecule has 2 aromatic carbocycles. The van der Waals surface area contributed by atoms with Gasteiger partial charge in [-0.25, -0.2) is 11.0 Å². The minimum atomic E-state index is -0.719. The maximum absolute atomic E-state index is 10.7. The van der Waals surface area contributed by atoms with E-state index in [0.717, 1.165) is 0 Å². The molecule has 2 rings (SSSR count). The van der Waals surface area contributed by atoms with E-state index in [0.29, 0.717) is 0 Å². The Morgan fingerprint density at radius 2 is 1.00 bits per heavy atom. The van der Waals surface area contributed by atoms with Gasteiger partial charge in [-0.1, -0.05) is 24.3 Å². The van der Waals surface area contributed by atoms with Gasteiger partial charge >= 0.3 is 0 Å². The molecule has 8 nitrogen and oxygen atoms in total. The van der Waals surface area contributed by atoms with Gasteiger partial charge in [0.2, 0.25) is 0 Å². The van der Waals surface area contributed by atoms with Crippen LogP contribution in [0.2, 0.25) is 0 Å². The number of rotatable bonds is 2. The Labute approximate surface area is 141 Å². The van der Waals surface area contributed by atoms with E-state index in [1.165, 1.54) is 35.2 Å². The Morgan fingerprint density at radius 3 is 1.26 bits per heavy atom. The average Bonchev–Trinajstić information content (AvgIpc) is 2.55. The van der Waals surface area contributed by atoms with Gasteiger partial charge in [-0.05, 0) is 24.3 Å². The second-order valence-corrected chi connectivity index (χ2v) is 3.92. The molecule has 0 aliphatic carbocycles. The summed E-state index contributed by atoms with van der Waals surface area (Å²) in [6, 6.07) is 11.9. The summed E-state index contributed by atoms with van der Waals surface area (Å²) in [4.78, 5) is 21.4. The number of hydrogen-bond acceptors (Lipinski definition) is 6. The standard InChI is InChI=1S/2C7H7NO3.Cu/c2*9-6-4-2-1-3-5(6)7(10)8-11;/h2*1-4,9,11H,(H,8,10);. The summed E-state index contributed by atoms with van der Waals surface area (Å²) in [6.07, 6.45) is 0. The third-order valence-electron chi connectivity index (χ3n) is 2.50. The van der Waals surface area contributed by atoms with Gasteiger partial charge in [0, 0.05) is 17.1 Å². The first-order valence-electron chi connectivity index (χ1n) is 5.96. The molecule has 0 unspecified atom stereocenters. The Kier molecular flexibility index (Phi) is 9.05. The molecule has 0 spiro atoms. The van der Waals surface area contributed by atoms with Crippen molar-refractivity contribution in [3.8, 4) is 11.5 Å². The van der Waals surface area contributed by atoms with E-state index in [-0.39, 0.29) is 39.7 Å². The van der Waals surface area contributed by atoms with Crippen molar-refractivity contribution in [2.45, 2.75) is 0 Å². The predicted octanol–water partition coefficient (Wildman–Crippen LogP) is 1.02. The zero-order valence-electron chi connectivity index (χ0n) is 11.5. The van der Waals surface area contributed by atoms with Gasteiger partial charge in [0.25, 0.3) is 11.8 Å². The Morgan fingerprint density at radius 1 is 0.696 bits per heavy atom. The first-order valence-corrected chi connectivity index (χ1v) is 5.96. The second kappa shape index (κ2) is 10.2. The van der Waals surface area contributed by atoms with Crippen LogP contribution >= 0.6 is 0 Å². The number of phenolic OH excluding ortho intramolecular Hbond substituents is 2. The molecule has 0 fully saturated rings. The molecule has 0 bridgehead atoms. The van der Waals surface area contributed by atoms with E-state index in [4.69, 9.17) is 20.6 Å². The molecule has 0 aromatic heterocycles. The normalized spacial score (nSPS) is 8.78. The summed E-state index contributed by atoms with van der Waals surface area (Å²) < 4.78 is 0. The maximum atomic E-state index is 10.7. The average molecular weight is 370 g/mol. The van der Waals surface area contributed by atoms with Crippen LogP contribution in [0.25, 0.3) is 0 Å². The largest absolute Gasteiger partial charge is 0.507 e. The van der Waals surface area contributed by atoms with Crippen LogP contribution < -0.4 is 11.0 Å². The number of aromatic hydroxyl groups is 2. The Bertz CT molecular complexity index is 608. The van der Waals surface area contributed by atoms with E-state index in [9.17, 15) is 9.59 Å². The smallest absolute Gasteiger partial charge is 0.278 e. The first-order chi connectivity index (χ1) is 10.5. The number of benzene rings is 2. The minimum absolute atomic E-state index is 0. The second-order valence-electron chi connectivity index (χ2n) is 3.92. The Balaban J connectivity index is 0.000000403. The van der Waals surface area contributed by atoms with Crippen LogP contribution in [0.5, 0.6) is 11.5 Å². The van der Waals surface area contributed by atoms with E-state index in [2.05, 4.69) is 0 Å². The van der Waals surface area contributed by atoms with Gasteiger partial charge in [-0.2, -0.15) is 0 Å². The number of carbonyl (C=O) groups is 2. The fourth-order valence-corrected chi connectivity index (χ4v) is 1.45. The fourth-order valence-electron chi connectivity index (χ4n) is 1.45. The zero-order valence-corrected chi connectivity index (χ0v) is 12.5. The van der Waals surface area contributed by atoms with E-state index in [1.807, 2.05) is 0 Å². The molecule has 0 saturated carbocycles. The molecule has 0 aliphatic heterocycles. The molecule has 23 heavy (non-hydrogen) atoms. The van der Waals surface area contributed by atoms with Crippen molar-refractivity contribution in [2.75, 3.05) is 0 Å². The third-order valence-corrected chi connectivity index (χ3v) is 2.50. The maximum Gasteiger partial charge on any atom is 0.278 e. The van der Waals surface area contributed by atoms with Crippen molar-refractivity contribution < 1.29 is 47.3 Å². The van der Waals surface area contributed by atoms with E-state index >= 15 is 0 Å². The molecular formula is C14H14CuN2O6. The molecule has 2 amide bonds. The SMILES string of the molecule is O=C(NO)c1ccccc1O.O=C(NO)c1ccccc1O.[Cu]. The van der Waals surface area contributed by atoms with Crippen molar-refractivity contribution in [3.05, 3.63) is 59.7 Å². The van der Waals surface area contributed by atoms with Crippen LogP contribution in [0, 0.1) is 0 Å². The molecule has 0 saturated heterocycles. The summed E-state index contributed by atoms with van der Waals surface area (Å²) in [5.74, 6) is -1.75. The molecule has 9 heteroatoms. The predicted molar refractivity (Wildman–Crippen MR) is 74.7 cm³/mol. The van der Waals surface area contributed by atoms with Crippen LogP contribution in [0.15, 0.2) is 48.5 Å². The van der Waals surface area contributed by atoms with Crippen LogP contribution in [0.1, 0.15) is 20.7 Å². The molecule has 6 N–H and O–H groups in total. The van der Waals surface area contributed by atoms with Crippen LogP contribution in [-0.4, -0.2) is 32.4 Å². The summed E-state index contributed by atoms with van der Waals surface area (Å²) in [5.41, 5.74) is 2.95. The summed E-state index contributed by atoms with van der Waals surface area (Å²) >= 11 is 0. The van der Waals surface area contributed by atoms with Gasteiger partial charge in [-0.3, -0.25) is 20.0 Å². The van der Waals surface area contributed by atoms with Crippen molar-refractivity contribution in [1.29, 1.82) is 0 Å². The fraction of sp³-hybridized carbons (Fsp3) is 0. The molecule has 127 valence electrons. The topological polar surface area (TPSA) is 139 Å². The minimum Gasteiger partial charge on any atom is -0.507 e. The molecule has 2 aromatic rings. The van der Waals surface area contributed by atoms with Crippen LogP contribution in [-0.2, 0) is 17.1 Å². The number of amides is 2. The van der Waals surface area contributed by atoms with Crippen LogP contribution in [0.3, 0.4) is 0 Å². The molecule has 0 heterocycles. The molecular weight excluding hydrogens is 356 g/mol. The number of nitrogens with one attached hydrogen (secondary N) is 2. The first kappa shape index (κ1) is 20.4. The number of phenols is 2. The van der Waals surface area contributed by atoms with E-state index in [1.54, 1.807) is 24.3 Å². The zero-order chi connectivity index (χ0) is 16.5. The molecule has 0 aliphatic rings. The number of hydroxylamine groups is 2. The summed E-state index contributed by atoms with van der Waals surface area (Å²) in [7, 11) is 0. The van der Waals surface area contributed by atoms with Gasteiger partial charge in [-0.15, -0.1) is 0 Å². The van der Waals surface area contributed by atoms with Crippen molar-refractivity contribution >= 4 is 11.8 Å².